The van der Waals surface area contributed by atoms with E-state index in [2.05, 4.69) is 146 Å². The summed E-state index contributed by atoms with van der Waals surface area (Å²) in [6.07, 6.45) is 18.6. The molecule has 0 atom stereocenters. The predicted molar refractivity (Wildman–Crippen MR) is 578 cm³/mol. The number of benzene rings is 6. The fraction of sp³-hybridized carbons (Fsp3) is 0.302. The molecule has 0 saturated heterocycles. The van der Waals surface area contributed by atoms with Gasteiger partial charge in [0.25, 0.3) is 33.4 Å². The number of aromatic carboxylic acids is 1. The molecule has 12 aromatic heterocycles. The van der Waals surface area contributed by atoms with Crippen LogP contribution in [-0.2, 0) is 140 Å². The Morgan fingerprint density at radius 1 is 0.307 bits per heavy atom. The number of fused-ring (bicyclic) bond motifs is 6. The number of aliphatic hydroxyl groups is 1. The lowest BCUT2D eigenvalue weighted by molar-refractivity contribution is 0.0515. The van der Waals surface area contributed by atoms with Gasteiger partial charge in [0.2, 0.25) is 0 Å². The van der Waals surface area contributed by atoms with E-state index in [1.54, 1.807) is 104 Å². The van der Waals surface area contributed by atoms with Crippen LogP contribution in [0.5, 0.6) is 0 Å². The second-order valence-corrected chi connectivity index (χ2v) is 34.3. The number of aliphatic hydroxyl groups excluding tert-OH is 1. The number of aromatic nitrogens is 12. The Bertz CT molecular complexity index is 7840. The first-order valence-corrected chi connectivity index (χ1v) is 46.4. The Morgan fingerprint density at radius 3 is 0.836 bits per heavy atom. The van der Waals surface area contributed by atoms with Crippen LogP contribution >= 0.6 is 0 Å². The summed E-state index contributed by atoms with van der Waals surface area (Å²) in [5, 5.41) is 24.2. The summed E-state index contributed by atoms with van der Waals surface area (Å²) in [7, 11) is 19.7. The van der Waals surface area contributed by atoms with E-state index in [-0.39, 0.29) is 75.4 Å². The highest BCUT2D eigenvalue weighted by molar-refractivity contribution is 6.05. The molecule has 0 saturated carbocycles. The van der Waals surface area contributed by atoms with Crippen LogP contribution in [-0.4, -0.2) is 89.8 Å². The van der Waals surface area contributed by atoms with Crippen LogP contribution in [0.1, 0.15) is 174 Å². The number of aldehydes is 1. The van der Waals surface area contributed by atoms with Crippen LogP contribution in [0.4, 0.5) is 0 Å². The summed E-state index contributed by atoms with van der Waals surface area (Å²) in [4.78, 5) is 110. The first-order chi connectivity index (χ1) is 65.3. The molecule has 18 rings (SSSR count). The van der Waals surface area contributed by atoms with Crippen molar-refractivity contribution in [2.75, 3.05) is 6.61 Å². The summed E-state index contributed by atoms with van der Waals surface area (Å²) < 4.78 is 25.5. The number of carboxylic acid groups (broad SMARTS) is 1. The monoisotopic (exact) mass is 1890 g/mol. The van der Waals surface area contributed by atoms with Crippen LogP contribution in [0.2, 0.25) is 0 Å². The number of hydrogen-bond donors (Lipinski definition) is 2. The molecule has 0 aliphatic carbocycles. The molecule has 734 valence electrons. The van der Waals surface area contributed by atoms with E-state index in [1.165, 1.54) is 53.8 Å². The quantitative estimate of drug-likeness (QED) is 0.0565. The highest BCUT2D eigenvalue weighted by atomic mass is 16.5. The highest BCUT2D eigenvalue weighted by Gasteiger charge is 2.26. The van der Waals surface area contributed by atoms with Crippen molar-refractivity contribution in [1.82, 2.24) is 54.8 Å². The van der Waals surface area contributed by atoms with Gasteiger partial charge in [0.05, 0.1) is 18.9 Å². The lowest BCUT2D eigenvalue weighted by Crippen LogP contribution is -2.19. The number of esters is 1. The minimum absolute atomic E-state index is 0. The molecule has 0 spiro atoms. The number of carbonyl (C=O) groups excluding carboxylic acids is 2. The third kappa shape index (κ3) is 20.6. The molecule has 24 heteroatoms. The number of carboxylic acids is 1. The average molecular weight is 1890 g/mol. The van der Waals surface area contributed by atoms with Crippen molar-refractivity contribution in [3.05, 3.63) is 349 Å². The maximum atomic E-state index is 12.7. The molecule has 18 aromatic rings. The van der Waals surface area contributed by atoms with Crippen molar-refractivity contribution in [3.63, 3.8) is 0 Å². The smallest absolute Gasteiger partial charge is 0.354 e. The number of pyridine rings is 6. The average Bonchev–Trinajstić information content (AvgIpc) is 1.60. The second-order valence-electron chi connectivity index (χ2n) is 34.3. The zero-order valence-electron chi connectivity index (χ0n) is 81.8. The number of nitrogens with zero attached hydrogens (tertiary/aromatic N) is 12. The molecule has 12 heterocycles. The largest absolute Gasteiger partial charge is 0.477 e. The van der Waals surface area contributed by atoms with Crippen LogP contribution in [0, 0.1) is 6.92 Å². The van der Waals surface area contributed by atoms with Crippen LogP contribution in [0.25, 0.3) is 132 Å². The van der Waals surface area contributed by atoms with Crippen molar-refractivity contribution in [1.29, 1.82) is 0 Å². The molecular weight excluding hydrogens is 1750 g/mol. The molecule has 2 N–H and O–H groups in total. The third-order valence-corrected chi connectivity index (χ3v) is 26.3. The lowest BCUT2D eigenvalue weighted by atomic mass is 9.97. The van der Waals surface area contributed by atoms with Crippen molar-refractivity contribution in [3.8, 4) is 66.8 Å². The van der Waals surface area contributed by atoms with Gasteiger partial charge < -0.3 is 69.8 Å². The maximum absolute atomic E-state index is 12.7. The van der Waals surface area contributed by atoms with Crippen molar-refractivity contribution in [2.24, 2.45) is 77.5 Å². The van der Waals surface area contributed by atoms with Gasteiger partial charge in [-0.3, -0.25) is 33.6 Å². The molecule has 6 aromatic carbocycles. The van der Waals surface area contributed by atoms with Gasteiger partial charge in [-0.05, 0) is 169 Å². The van der Waals surface area contributed by atoms with E-state index in [0.717, 1.165) is 162 Å². The van der Waals surface area contributed by atoms with Crippen LogP contribution in [0.15, 0.2) is 248 Å². The van der Waals surface area contributed by atoms with Gasteiger partial charge in [0.1, 0.15) is 44.5 Å². The fourth-order valence-corrected chi connectivity index (χ4v) is 18.9. The minimum atomic E-state index is -1.04. The number of aryl methyl sites for hydroxylation is 20. The van der Waals surface area contributed by atoms with Gasteiger partial charge in [0, 0.05) is 204 Å². The Labute approximate surface area is 819 Å². The number of carbonyl (C=O) groups is 3. The number of hydrogen-bond acceptors (Lipinski definition) is 11. The summed E-state index contributed by atoms with van der Waals surface area (Å²) in [5.41, 5.74) is 27.8. The lowest BCUT2D eigenvalue weighted by Gasteiger charge is -2.12. The van der Waals surface area contributed by atoms with Crippen molar-refractivity contribution >= 4 is 83.6 Å². The van der Waals surface area contributed by atoms with E-state index in [0.29, 0.717) is 52.0 Å². The maximum Gasteiger partial charge on any atom is 0.354 e. The Balaban J connectivity index is 0.000000187. The van der Waals surface area contributed by atoms with E-state index >= 15 is 0 Å². The standard InChI is InChI=1S/C20H22N2O3.C19H20N2O2.C19H22N2O.C18H18N2O3.C18H20N2O2.C18H20N2O.4CH4/c1-5-13-9-7-8-10-14(13)16-12-21(3)19(23)18-15(16)11-17(22(18)4)20(24)25-6-2;1-4-13-8-6-7-9-15(13)17-11-20(3)19(23)18-16(17)10-14(12-22)21(18)5-2;1-5-13-9-7-8-10-15(13)17-12-20(3)19(22)18-16(17)11-14(6-2)21(18)4;1-4-11-7-5-6-8-12(11)14-10-19(2)17(21)16-13(14)9-15(18(22)23)20(16)3;1-4-12-7-5-6-8-14(12)16-10-19(2)18(22)17-15(16)9-13(11-21)20(17)3;1-5-13-8-6-7-9-14(13)16-11-19(3)18(21)17-15(16)10-12(2)20(17)4;;;;/h7-12H,5-6H2,1-4H3;6-12H,4-5H2,1-3H3;7-12H,5-6H2,1-4H3;5-10H,4H2,1-3H3,(H,22,23);5-10,21H,4,11H2,1-3H3;6-11H,5H2,1-4H3;4*1H4. The van der Waals surface area contributed by atoms with E-state index in [9.17, 15) is 53.4 Å². The minimum Gasteiger partial charge on any atom is -0.477 e. The molecule has 0 radical (unpaired) electrons. The highest BCUT2D eigenvalue weighted by Crippen LogP contribution is 2.39. The fourth-order valence-electron chi connectivity index (χ4n) is 18.9. The normalized spacial score (nSPS) is 10.8. The summed E-state index contributed by atoms with van der Waals surface area (Å²) in [6.45, 7) is 21.4. The van der Waals surface area contributed by atoms with Gasteiger partial charge in [-0.2, -0.15) is 0 Å². The molecule has 0 unspecified atom stereocenters. The summed E-state index contributed by atoms with van der Waals surface area (Å²) in [6, 6.07) is 60.8. The molecule has 0 amide bonds. The van der Waals surface area contributed by atoms with Crippen LogP contribution < -0.4 is 33.4 Å². The van der Waals surface area contributed by atoms with E-state index in [4.69, 9.17) is 4.74 Å². The Morgan fingerprint density at radius 2 is 0.557 bits per heavy atom. The molecular formula is C116H138N12O12. The van der Waals surface area contributed by atoms with Gasteiger partial charge in [-0.25, -0.2) is 9.59 Å². The van der Waals surface area contributed by atoms with E-state index < -0.39 is 11.9 Å². The number of rotatable bonds is 19. The Hall–Kier alpha value is -15.2. The molecule has 0 aliphatic rings. The van der Waals surface area contributed by atoms with Gasteiger partial charge in [-0.1, -0.05) is 224 Å². The summed E-state index contributed by atoms with van der Waals surface area (Å²) >= 11 is 0. The van der Waals surface area contributed by atoms with Crippen molar-refractivity contribution in [2.45, 2.75) is 157 Å². The zero-order valence-corrected chi connectivity index (χ0v) is 81.8. The molecule has 0 fully saturated rings. The summed E-state index contributed by atoms with van der Waals surface area (Å²) in [5.74, 6) is -1.46. The molecule has 140 heavy (non-hydrogen) atoms. The SMILES string of the molecule is C.C.C.C.CCOC(=O)c1cc2c(-c3ccccc3CC)cn(C)c(=O)c2n1C.CCc1ccccc1-c1cn(C)c(=O)c2c1cc(C(=O)O)n2C.CCc1ccccc1-c1cn(C)c(=O)c2c1cc(C)n2C.CCc1ccccc1-c1cn(C)c(=O)c2c1cc(C=O)n2CC.CCc1ccccc1-c1cn(C)c(=O)c2c1cc(CC)n2C.CCc1ccccc1-c1cn(C)c(=O)c2c1cc(CO)n2C. The van der Waals surface area contributed by atoms with E-state index in [1.807, 2.05) is 162 Å². The molecule has 24 nitrogen and oxygen atoms in total. The predicted octanol–water partition coefficient (Wildman–Crippen LogP) is 21.7. The first-order valence-electron chi connectivity index (χ1n) is 46.4. The zero-order chi connectivity index (χ0) is 98.3. The second kappa shape index (κ2) is 46.3. The molecule has 0 bridgehead atoms. The van der Waals surface area contributed by atoms with Crippen molar-refractivity contribution < 1.29 is 29.3 Å². The van der Waals surface area contributed by atoms with Gasteiger partial charge in [0.15, 0.2) is 6.29 Å². The topological polar surface area (TPSA) is 262 Å². The van der Waals surface area contributed by atoms with Gasteiger partial charge in [-0.15, -0.1) is 0 Å². The van der Waals surface area contributed by atoms with Gasteiger partial charge >= 0.3 is 11.9 Å². The molecule has 0 aliphatic heterocycles. The Kier molecular flexibility index (Phi) is 35.9. The third-order valence-electron chi connectivity index (χ3n) is 26.3. The number of ether oxygens (including phenoxy) is 1. The van der Waals surface area contributed by atoms with Crippen LogP contribution in [0.3, 0.4) is 0 Å². The first kappa shape index (κ1) is 108.